The Balaban J connectivity index is 0.000000444. The summed E-state index contributed by atoms with van der Waals surface area (Å²) in [6.07, 6.45) is 1.43. The second-order valence-electron chi connectivity index (χ2n) is 3.38. The third-order valence-corrected chi connectivity index (χ3v) is 1.96. The first-order valence-electron chi connectivity index (χ1n) is 5.26. The van der Waals surface area contributed by atoms with Crippen LogP contribution in [0.5, 0.6) is 0 Å². The van der Waals surface area contributed by atoms with Gasteiger partial charge in [0, 0.05) is 0 Å². The van der Waals surface area contributed by atoms with Crippen molar-refractivity contribution in [1.29, 1.82) is 0 Å². The summed E-state index contributed by atoms with van der Waals surface area (Å²) in [7, 11) is -3.13. The van der Waals surface area contributed by atoms with Gasteiger partial charge in [-0.15, -0.1) is 0 Å². The highest BCUT2D eigenvalue weighted by molar-refractivity contribution is 7.30. The predicted octanol–water partition coefficient (Wildman–Crippen LogP) is -1.97. The molecule has 11 nitrogen and oxygen atoms in total. The number of nitrogens with two attached hydrogens (primary N) is 1. The van der Waals surface area contributed by atoms with E-state index in [0.717, 1.165) is 0 Å². The molecule has 0 atom stereocenters. The van der Waals surface area contributed by atoms with Crippen molar-refractivity contribution >= 4 is 25.4 Å². The van der Waals surface area contributed by atoms with Crippen LogP contribution in [0.15, 0.2) is 11.1 Å². The molecule has 2 aromatic rings. The van der Waals surface area contributed by atoms with Crippen LogP contribution < -0.4 is 11.3 Å². The van der Waals surface area contributed by atoms with E-state index in [0.29, 0.717) is 5.65 Å². The number of fused-ring (bicyclic) bond motifs is 1. The number of aliphatic hydroxyl groups is 1. The lowest BCUT2D eigenvalue weighted by molar-refractivity contribution is 0.0499. The molecule has 2 rings (SSSR count). The van der Waals surface area contributed by atoms with Crippen LogP contribution in [0.2, 0.25) is 0 Å². The van der Waals surface area contributed by atoms with Crippen molar-refractivity contribution in [2.24, 2.45) is 0 Å². The molecule has 0 bridgehead atoms. The Morgan fingerprint density at radius 1 is 1.50 bits per heavy atom. The summed E-state index contributed by atoms with van der Waals surface area (Å²) < 4.78 is 15.4. The largest absolute Gasteiger partial charge is 0.394 e. The number of hydrogen-bond acceptors (Lipinski definition) is 7. The molecule has 0 amide bonds. The summed E-state index contributed by atoms with van der Waals surface area (Å²) in [5.74, 6) is 0.0291. The van der Waals surface area contributed by atoms with Crippen LogP contribution in [-0.4, -0.2) is 47.6 Å². The number of rotatable bonds is 4. The number of nitrogens with one attached hydrogen (secondary N) is 1. The number of imidazole rings is 1. The zero-order valence-electron chi connectivity index (χ0n) is 10.2. The van der Waals surface area contributed by atoms with Crippen molar-refractivity contribution in [3.8, 4) is 0 Å². The number of nitrogens with zero attached hydrogens (tertiary/aromatic N) is 3. The summed E-state index contributed by atoms with van der Waals surface area (Å²) in [4.78, 5) is 35.9. The third-order valence-electron chi connectivity index (χ3n) is 1.96. The van der Waals surface area contributed by atoms with Gasteiger partial charge in [0.25, 0.3) is 5.56 Å². The van der Waals surface area contributed by atoms with E-state index in [1.165, 1.54) is 10.9 Å². The lowest BCUT2D eigenvalue weighted by Crippen LogP contribution is -2.13. The molecule has 2 aromatic heterocycles. The maximum Gasteiger partial charge on any atom is 0.314 e. The van der Waals surface area contributed by atoms with Gasteiger partial charge in [0.15, 0.2) is 11.2 Å². The molecule has 0 aliphatic carbocycles. The number of H-pyrrole nitrogens is 1. The van der Waals surface area contributed by atoms with Gasteiger partial charge in [-0.2, -0.15) is 4.98 Å². The first-order valence-corrected chi connectivity index (χ1v) is 6.57. The number of aliphatic hydroxyl groups excluding tert-OH is 1. The zero-order valence-corrected chi connectivity index (χ0v) is 11.2. The van der Waals surface area contributed by atoms with Gasteiger partial charge in [0.2, 0.25) is 5.95 Å². The van der Waals surface area contributed by atoms with Crippen LogP contribution in [0.1, 0.15) is 0 Å². The van der Waals surface area contributed by atoms with Crippen molar-refractivity contribution in [2.45, 2.75) is 6.73 Å². The van der Waals surface area contributed by atoms with Crippen LogP contribution in [0.4, 0.5) is 5.95 Å². The Kier molecular flexibility index (Phi) is 6.28. The minimum absolute atomic E-state index is 0.0291. The van der Waals surface area contributed by atoms with Gasteiger partial charge in [-0.1, -0.05) is 0 Å². The average Bonchev–Trinajstić information content (AvgIpc) is 2.72. The van der Waals surface area contributed by atoms with Crippen molar-refractivity contribution in [2.75, 3.05) is 18.9 Å². The zero-order chi connectivity index (χ0) is 15.1. The number of nitrogen functional groups attached to an aromatic ring is 1. The predicted molar refractivity (Wildman–Crippen MR) is 69.0 cm³/mol. The van der Waals surface area contributed by atoms with Gasteiger partial charge < -0.3 is 25.4 Å². The van der Waals surface area contributed by atoms with Crippen molar-refractivity contribution < 1.29 is 24.2 Å². The molecule has 0 saturated carbocycles. The van der Waals surface area contributed by atoms with Crippen LogP contribution in [0.25, 0.3) is 11.2 Å². The normalized spacial score (nSPS) is 10.6. The molecular formula is C8H14N5O6P. The highest BCUT2D eigenvalue weighted by Crippen LogP contribution is 2.05. The van der Waals surface area contributed by atoms with E-state index in [-0.39, 0.29) is 37.0 Å². The van der Waals surface area contributed by atoms with Crippen molar-refractivity contribution in [3.05, 3.63) is 16.7 Å². The molecule has 0 aliphatic heterocycles. The summed E-state index contributed by atoms with van der Waals surface area (Å²) in [5.41, 5.74) is 5.60. The number of ether oxygens (including phenoxy) is 1. The fourth-order valence-corrected chi connectivity index (χ4v) is 1.29. The molecule has 0 aromatic carbocycles. The van der Waals surface area contributed by atoms with Gasteiger partial charge in [-0.25, -0.2) is 4.98 Å². The SMILES string of the molecule is Nc1nc2c(ncn2COCCO)c(=O)[nH]1.O=[PH](O)O. The van der Waals surface area contributed by atoms with Crippen LogP contribution in [-0.2, 0) is 16.0 Å². The number of aromatic nitrogens is 4. The first-order chi connectivity index (χ1) is 9.45. The Morgan fingerprint density at radius 2 is 2.15 bits per heavy atom. The summed E-state index contributed by atoms with van der Waals surface area (Å²) in [5, 5.41) is 8.56. The smallest absolute Gasteiger partial charge is 0.314 e. The second-order valence-corrected chi connectivity index (χ2v) is 3.95. The van der Waals surface area contributed by atoms with Gasteiger partial charge in [0.1, 0.15) is 6.73 Å². The van der Waals surface area contributed by atoms with Crippen LogP contribution in [0.3, 0.4) is 0 Å². The van der Waals surface area contributed by atoms with E-state index in [1.807, 2.05) is 0 Å². The Bertz CT molecular complexity index is 636. The monoisotopic (exact) mass is 307 g/mol. The average molecular weight is 307 g/mol. The molecule has 0 fully saturated rings. The molecular weight excluding hydrogens is 293 g/mol. The van der Waals surface area contributed by atoms with E-state index in [9.17, 15) is 4.79 Å². The van der Waals surface area contributed by atoms with Gasteiger partial charge in [-0.3, -0.25) is 18.9 Å². The summed E-state index contributed by atoms with van der Waals surface area (Å²) in [6.45, 7) is 0.300. The van der Waals surface area contributed by atoms with Gasteiger partial charge in [-0.05, 0) is 0 Å². The van der Waals surface area contributed by atoms with E-state index in [1.54, 1.807) is 0 Å². The molecule has 0 unspecified atom stereocenters. The second kappa shape index (κ2) is 7.72. The number of aromatic amines is 1. The Morgan fingerprint density at radius 3 is 2.75 bits per heavy atom. The summed E-state index contributed by atoms with van der Waals surface area (Å²) in [6, 6.07) is 0. The minimum atomic E-state index is -3.13. The quantitative estimate of drug-likeness (QED) is 0.316. The Hall–Kier alpha value is -1.78. The fourth-order valence-electron chi connectivity index (χ4n) is 1.29. The number of anilines is 1. The Labute approximate surface area is 112 Å². The van der Waals surface area contributed by atoms with Crippen LogP contribution >= 0.6 is 8.25 Å². The molecule has 0 spiro atoms. The van der Waals surface area contributed by atoms with E-state index in [4.69, 9.17) is 29.9 Å². The highest BCUT2D eigenvalue weighted by Gasteiger charge is 2.08. The standard InChI is InChI=1S/C8H11N5O3.H3O3P/c9-8-11-6-5(7(15)12-8)10-3-13(6)4-16-2-1-14;1-4(2)3/h3,14H,1-2,4H2,(H3,9,11,12,15);4H,(H2,1,2,3). The van der Waals surface area contributed by atoms with E-state index in [2.05, 4.69) is 15.0 Å². The maximum absolute atomic E-state index is 11.4. The molecule has 0 radical (unpaired) electrons. The summed E-state index contributed by atoms with van der Waals surface area (Å²) >= 11 is 0. The highest BCUT2D eigenvalue weighted by atomic mass is 31.1. The molecule has 0 saturated heterocycles. The topological polar surface area (TPSA) is 177 Å². The van der Waals surface area contributed by atoms with E-state index < -0.39 is 8.25 Å². The molecule has 12 heteroatoms. The molecule has 112 valence electrons. The van der Waals surface area contributed by atoms with Crippen LogP contribution in [0, 0.1) is 0 Å². The number of hydrogen-bond donors (Lipinski definition) is 5. The lowest BCUT2D eigenvalue weighted by Gasteiger charge is -2.03. The molecule has 0 aliphatic rings. The van der Waals surface area contributed by atoms with E-state index >= 15 is 0 Å². The minimum Gasteiger partial charge on any atom is -0.394 e. The maximum atomic E-state index is 11.4. The molecule has 20 heavy (non-hydrogen) atoms. The lowest BCUT2D eigenvalue weighted by atomic mass is 10.5. The first kappa shape index (κ1) is 16.3. The van der Waals surface area contributed by atoms with Gasteiger partial charge in [0.05, 0.1) is 19.5 Å². The van der Waals surface area contributed by atoms with Gasteiger partial charge >= 0.3 is 8.25 Å². The third kappa shape index (κ3) is 4.72. The fraction of sp³-hybridized carbons (Fsp3) is 0.375. The molecule has 6 N–H and O–H groups in total. The van der Waals surface area contributed by atoms with Crippen molar-refractivity contribution in [1.82, 2.24) is 19.5 Å². The molecule has 2 heterocycles. The van der Waals surface area contributed by atoms with Crippen molar-refractivity contribution in [3.63, 3.8) is 0 Å².